The summed E-state index contributed by atoms with van der Waals surface area (Å²) in [5, 5.41) is 0.748. The number of imidazole rings is 1. The van der Waals surface area contributed by atoms with Crippen molar-refractivity contribution in [2.45, 2.75) is 36.5 Å². The highest BCUT2D eigenvalue weighted by atomic mass is 32.2. The van der Waals surface area contributed by atoms with Gasteiger partial charge < -0.3 is 4.90 Å². The van der Waals surface area contributed by atoms with Crippen molar-refractivity contribution in [3.8, 4) is 16.9 Å². The fourth-order valence-electron chi connectivity index (χ4n) is 4.33. The Labute approximate surface area is 192 Å². The number of carbonyl (C=O) groups excluding carboxylic acids is 1. The first-order valence-electron chi connectivity index (χ1n) is 10.8. The lowest BCUT2D eigenvalue weighted by Crippen LogP contribution is -2.43. The molecule has 5 rings (SSSR count). The number of rotatable bonds is 7. The summed E-state index contributed by atoms with van der Waals surface area (Å²) in [6, 6.07) is 20.1. The molecule has 2 fully saturated rings. The van der Waals surface area contributed by atoms with E-state index in [1.165, 1.54) is 11.8 Å². The quantitative estimate of drug-likeness (QED) is 0.494. The zero-order valence-electron chi connectivity index (χ0n) is 17.6. The molecule has 0 N–H and O–H groups in total. The van der Waals surface area contributed by atoms with Gasteiger partial charge in [0.15, 0.2) is 15.0 Å². The third kappa shape index (κ3) is 4.47. The molecule has 1 aromatic heterocycles. The fourth-order valence-corrected chi connectivity index (χ4v) is 6.90. The van der Waals surface area contributed by atoms with Crippen LogP contribution in [-0.2, 0) is 14.6 Å². The summed E-state index contributed by atoms with van der Waals surface area (Å²) in [5.74, 6) is 0.519. The Morgan fingerprint density at radius 1 is 1.00 bits per heavy atom. The molecule has 1 saturated heterocycles. The first-order chi connectivity index (χ1) is 15.5. The van der Waals surface area contributed by atoms with Crippen molar-refractivity contribution in [1.29, 1.82) is 0 Å². The van der Waals surface area contributed by atoms with Crippen LogP contribution in [0.15, 0.2) is 72.0 Å². The zero-order valence-corrected chi connectivity index (χ0v) is 19.3. The predicted molar refractivity (Wildman–Crippen MR) is 127 cm³/mol. The first kappa shape index (κ1) is 21.3. The van der Waals surface area contributed by atoms with E-state index in [9.17, 15) is 13.2 Å². The molecule has 0 spiro atoms. The minimum absolute atomic E-state index is 0.00322. The molecular formula is C24H25N3O3S2. The summed E-state index contributed by atoms with van der Waals surface area (Å²) in [5.41, 5.74) is 3.00. The normalized spacial score (nSPS) is 19.7. The molecule has 2 heterocycles. The maximum atomic E-state index is 13.2. The number of thioether (sulfide) groups is 1. The van der Waals surface area contributed by atoms with Gasteiger partial charge in [0.25, 0.3) is 0 Å². The molecule has 166 valence electrons. The molecule has 1 saturated carbocycles. The van der Waals surface area contributed by atoms with Crippen LogP contribution in [0.5, 0.6) is 0 Å². The van der Waals surface area contributed by atoms with Gasteiger partial charge in [-0.1, -0.05) is 60.3 Å². The van der Waals surface area contributed by atoms with Gasteiger partial charge in [-0.2, -0.15) is 0 Å². The van der Waals surface area contributed by atoms with Crippen molar-refractivity contribution in [2.24, 2.45) is 0 Å². The number of benzene rings is 2. The van der Waals surface area contributed by atoms with Crippen LogP contribution in [0.25, 0.3) is 16.9 Å². The maximum Gasteiger partial charge on any atom is 0.233 e. The highest BCUT2D eigenvalue weighted by Crippen LogP contribution is 2.34. The van der Waals surface area contributed by atoms with E-state index >= 15 is 0 Å². The number of para-hydroxylation sites is 1. The summed E-state index contributed by atoms with van der Waals surface area (Å²) in [6.45, 7) is 0. The zero-order chi connectivity index (χ0) is 22.1. The Morgan fingerprint density at radius 2 is 1.69 bits per heavy atom. The van der Waals surface area contributed by atoms with Gasteiger partial charge in [-0.15, -0.1) is 0 Å². The van der Waals surface area contributed by atoms with Crippen LogP contribution in [0, 0.1) is 0 Å². The van der Waals surface area contributed by atoms with Gasteiger partial charge in [0.1, 0.15) is 0 Å². The SMILES string of the molecule is O=C(CSc1ncc(-c2ccccc2)n1-c1ccccc1)N(C1CC1)C1CCS(=O)(=O)C1. The monoisotopic (exact) mass is 467 g/mol. The molecule has 32 heavy (non-hydrogen) atoms. The minimum Gasteiger partial charge on any atom is -0.335 e. The molecule has 1 aliphatic carbocycles. The Morgan fingerprint density at radius 3 is 2.31 bits per heavy atom. The van der Waals surface area contributed by atoms with Crippen molar-refractivity contribution >= 4 is 27.5 Å². The second-order valence-corrected chi connectivity index (χ2v) is 11.5. The predicted octanol–water partition coefficient (Wildman–Crippen LogP) is 3.81. The number of aromatic nitrogens is 2. The number of carbonyl (C=O) groups is 1. The lowest BCUT2D eigenvalue weighted by Gasteiger charge is -2.28. The average molecular weight is 468 g/mol. The van der Waals surface area contributed by atoms with Crippen molar-refractivity contribution < 1.29 is 13.2 Å². The van der Waals surface area contributed by atoms with E-state index in [-0.39, 0.29) is 35.2 Å². The van der Waals surface area contributed by atoms with E-state index in [1.807, 2.05) is 71.8 Å². The Bertz CT molecular complexity index is 1210. The maximum absolute atomic E-state index is 13.2. The Balaban J connectivity index is 1.39. The number of sulfone groups is 1. The molecule has 2 aromatic carbocycles. The molecule has 8 heteroatoms. The Kier molecular flexibility index (Phi) is 5.82. The van der Waals surface area contributed by atoms with Crippen LogP contribution >= 0.6 is 11.8 Å². The summed E-state index contributed by atoms with van der Waals surface area (Å²) in [4.78, 5) is 19.7. The van der Waals surface area contributed by atoms with E-state index < -0.39 is 9.84 Å². The smallest absolute Gasteiger partial charge is 0.233 e. The van der Waals surface area contributed by atoms with Gasteiger partial charge in [0.05, 0.1) is 29.1 Å². The summed E-state index contributed by atoms with van der Waals surface area (Å²) >= 11 is 1.41. The van der Waals surface area contributed by atoms with E-state index in [4.69, 9.17) is 0 Å². The van der Waals surface area contributed by atoms with E-state index in [0.29, 0.717) is 6.42 Å². The highest BCUT2D eigenvalue weighted by molar-refractivity contribution is 7.99. The molecule has 6 nitrogen and oxygen atoms in total. The molecule has 1 atom stereocenters. The van der Waals surface area contributed by atoms with Crippen molar-refractivity contribution in [1.82, 2.24) is 14.5 Å². The number of nitrogens with zero attached hydrogens (tertiary/aromatic N) is 3. The van der Waals surface area contributed by atoms with Crippen LogP contribution in [0.1, 0.15) is 19.3 Å². The summed E-state index contributed by atoms with van der Waals surface area (Å²) in [7, 11) is -3.03. The topological polar surface area (TPSA) is 72.3 Å². The molecule has 2 aliphatic rings. The number of hydrogen-bond acceptors (Lipinski definition) is 5. The fraction of sp³-hybridized carbons (Fsp3) is 0.333. The Hall–Kier alpha value is -2.58. The molecule has 1 unspecified atom stereocenters. The van der Waals surface area contributed by atoms with E-state index in [2.05, 4.69) is 9.55 Å². The standard InChI is InChI=1S/C24H25N3O3S2/c28-23(26(20-11-12-20)21-13-14-32(29,30)17-21)16-31-24-25-15-22(18-7-3-1-4-8-18)27(24)19-9-5-2-6-10-19/h1-10,15,20-21H,11-14,16-17H2. The minimum atomic E-state index is -3.03. The molecule has 1 aliphatic heterocycles. The van der Waals surface area contributed by atoms with E-state index in [0.717, 1.165) is 34.9 Å². The van der Waals surface area contributed by atoms with Crippen molar-refractivity contribution in [2.75, 3.05) is 17.3 Å². The van der Waals surface area contributed by atoms with Gasteiger partial charge in [-0.05, 0) is 31.4 Å². The molecule has 0 bridgehead atoms. The molecule has 0 radical (unpaired) electrons. The van der Waals surface area contributed by atoms with Crippen LogP contribution in [0.2, 0.25) is 0 Å². The van der Waals surface area contributed by atoms with Gasteiger partial charge in [-0.25, -0.2) is 13.4 Å². The van der Waals surface area contributed by atoms with Crippen molar-refractivity contribution in [3.63, 3.8) is 0 Å². The number of amides is 1. The second-order valence-electron chi connectivity index (χ2n) is 8.34. The summed E-state index contributed by atoms with van der Waals surface area (Å²) in [6.07, 6.45) is 4.32. The lowest BCUT2D eigenvalue weighted by atomic mass is 10.1. The van der Waals surface area contributed by atoms with Gasteiger partial charge in [0, 0.05) is 23.3 Å². The second kappa shape index (κ2) is 8.75. The molecular weight excluding hydrogens is 442 g/mol. The first-order valence-corrected chi connectivity index (χ1v) is 13.7. The highest BCUT2D eigenvalue weighted by Gasteiger charge is 2.42. The van der Waals surface area contributed by atoms with Gasteiger partial charge in [-0.3, -0.25) is 9.36 Å². The summed E-state index contributed by atoms with van der Waals surface area (Å²) < 4.78 is 26.0. The third-order valence-corrected chi connectivity index (χ3v) is 8.66. The lowest BCUT2D eigenvalue weighted by molar-refractivity contribution is -0.130. The van der Waals surface area contributed by atoms with Crippen molar-refractivity contribution in [3.05, 3.63) is 66.9 Å². The third-order valence-electron chi connectivity index (χ3n) is 5.97. The van der Waals surface area contributed by atoms with Crippen LogP contribution in [0.3, 0.4) is 0 Å². The van der Waals surface area contributed by atoms with Crippen LogP contribution in [-0.4, -0.2) is 58.1 Å². The average Bonchev–Trinajstić information content (AvgIpc) is 3.43. The van der Waals surface area contributed by atoms with E-state index in [1.54, 1.807) is 0 Å². The molecule has 1 amide bonds. The van der Waals surface area contributed by atoms with Crippen LogP contribution in [0.4, 0.5) is 0 Å². The van der Waals surface area contributed by atoms with Gasteiger partial charge in [0.2, 0.25) is 5.91 Å². The van der Waals surface area contributed by atoms with Crippen LogP contribution < -0.4 is 0 Å². The van der Waals surface area contributed by atoms with Gasteiger partial charge >= 0.3 is 0 Å². The number of hydrogen-bond donors (Lipinski definition) is 0. The largest absolute Gasteiger partial charge is 0.335 e. The molecule has 3 aromatic rings.